The summed E-state index contributed by atoms with van der Waals surface area (Å²) in [6, 6.07) is 7.50. The SMILES string of the molecule is COC(=O)/C=C(/C)c1ccc(OC)cc1. The van der Waals surface area contributed by atoms with Gasteiger partial charge in [0.15, 0.2) is 0 Å². The molecule has 0 aliphatic carbocycles. The van der Waals surface area contributed by atoms with E-state index in [9.17, 15) is 4.79 Å². The van der Waals surface area contributed by atoms with Crippen LogP contribution in [0.15, 0.2) is 30.3 Å². The first kappa shape index (κ1) is 11.3. The van der Waals surface area contributed by atoms with Crippen LogP contribution in [0.3, 0.4) is 0 Å². The Morgan fingerprint density at radius 1 is 1.20 bits per heavy atom. The Morgan fingerprint density at radius 2 is 1.80 bits per heavy atom. The van der Waals surface area contributed by atoms with Crippen molar-refractivity contribution in [3.8, 4) is 5.75 Å². The van der Waals surface area contributed by atoms with Crippen LogP contribution in [0.4, 0.5) is 0 Å². The fourth-order valence-corrected chi connectivity index (χ4v) is 1.17. The molecule has 0 fully saturated rings. The number of hydrogen-bond donors (Lipinski definition) is 0. The van der Waals surface area contributed by atoms with Crippen LogP contribution in [0.5, 0.6) is 5.75 Å². The van der Waals surface area contributed by atoms with E-state index in [1.54, 1.807) is 7.11 Å². The molecule has 0 radical (unpaired) electrons. The lowest BCUT2D eigenvalue weighted by Gasteiger charge is -2.03. The maximum Gasteiger partial charge on any atom is 0.330 e. The summed E-state index contributed by atoms with van der Waals surface area (Å²) < 4.78 is 9.59. The van der Waals surface area contributed by atoms with Crippen LogP contribution in [-0.2, 0) is 9.53 Å². The number of benzene rings is 1. The predicted molar refractivity (Wildman–Crippen MR) is 58.7 cm³/mol. The number of carbonyl (C=O) groups excluding carboxylic acids is 1. The van der Waals surface area contributed by atoms with Gasteiger partial charge in [-0.25, -0.2) is 4.79 Å². The molecular weight excluding hydrogens is 192 g/mol. The van der Waals surface area contributed by atoms with E-state index < -0.39 is 0 Å². The summed E-state index contributed by atoms with van der Waals surface area (Å²) in [5.41, 5.74) is 1.84. The molecule has 0 spiro atoms. The summed E-state index contributed by atoms with van der Waals surface area (Å²) in [4.78, 5) is 11.0. The zero-order valence-electron chi connectivity index (χ0n) is 9.11. The molecule has 0 saturated heterocycles. The highest BCUT2D eigenvalue weighted by Gasteiger charge is 2.00. The maximum atomic E-state index is 11.0. The monoisotopic (exact) mass is 206 g/mol. The summed E-state index contributed by atoms with van der Waals surface area (Å²) >= 11 is 0. The van der Waals surface area contributed by atoms with Crippen LogP contribution in [0.1, 0.15) is 12.5 Å². The van der Waals surface area contributed by atoms with Gasteiger partial charge in [-0.2, -0.15) is 0 Å². The smallest absolute Gasteiger partial charge is 0.330 e. The number of rotatable bonds is 3. The summed E-state index contributed by atoms with van der Waals surface area (Å²) in [6.07, 6.45) is 1.46. The van der Waals surface area contributed by atoms with Gasteiger partial charge in [-0.15, -0.1) is 0 Å². The number of hydrogen-bond acceptors (Lipinski definition) is 3. The van der Waals surface area contributed by atoms with Gasteiger partial charge in [0.05, 0.1) is 14.2 Å². The van der Waals surface area contributed by atoms with Crippen molar-refractivity contribution in [3.05, 3.63) is 35.9 Å². The fourth-order valence-electron chi connectivity index (χ4n) is 1.17. The van der Waals surface area contributed by atoms with Crippen molar-refractivity contribution in [2.75, 3.05) is 14.2 Å². The summed E-state index contributed by atoms with van der Waals surface area (Å²) in [6.45, 7) is 1.86. The highest BCUT2D eigenvalue weighted by molar-refractivity contribution is 5.90. The van der Waals surface area contributed by atoms with E-state index in [4.69, 9.17) is 4.74 Å². The Balaban J connectivity index is 2.87. The van der Waals surface area contributed by atoms with Crippen LogP contribution in [-0.4, -0.2) is 20.2 Å². The second kappa shape index (κ2) is 5.20. The van der Waals surface area contributed by atoms with Gasteiger partial charge in [-0.05, 0) is 30.2 Å². The van der Waals surface area contributed by atoms with E-state index in [-0.39, 0.29) is 5.97 Å². The molecule has 0 heterocycles. The Bertz CT molecular complexity index is 363. The third-order valence-corrected chi connectivity index (χ3v) is 2.08. The van der Waals surface area contributed by atoms with E-state index in [2.05, 4.69) is 4.74 Å². The van der Waals surface area contributed by atoms with Gasteiger partial charge in [-0.1, -0.05) is 12.1 Å². The molecule has 0 bridgehead atoms. The molecule has 0 amide bonds. The van der Waals surface area contributed by atoms with Gasteiger partial charge < -0.3 is 9.47 Å². The zero-order chi connectivity index (χ0) is 11.3. The second-order valence-corrected chi connectivity index (χ2v) is 3.08. The van der Waals surface area contributed by atoms with Gasteiger partial charge in [0.25, 0.3) is 0 Å². The molecule has 0 N–H and O–H groups in total. The average Bonchev–Trinajstić information content (AvgIpc) is 2.29. The minimum atomic E-state index is -0.344. The predicted octanol–water partition coefficient (Wildman–Crippen LogP) is 2.27. The number of methoxy groups -OCH3 is 2. The van der Waals surface area contributed by atoms with Gasteiger partial charge in [-0.3, -0.25) is 0 Å². The molecule has 15 heavy (non-hydrogen) atoms. The van der Waals surface area contributed by atoms with Crippen LogP contribution < -0.4 is 4.74 Å². The molecular formula is C12H14O3. The Morgan fingerprint density at radius 3 is 2.27 bits per heavy atom. The molecule has 3 heteroatoms. The lowest BCUT2D eigenvalue weighted by atomic mass is 10.1. The van der Waals surface area contributed by atoms with E-state index in [0.717, 1.165) is 16.9 Å². The van der Waals surface area contributed by atoms with Crippen molar-refractivity contribution in [2.24, 2.45) is 0 Å². The first-order valence-electron chi connectivity index (χ1n) is 4.58. The Kier molecular flexibility index (Phi) is 3.92. The number of esters is 1. The number of carbonyl (C=O) groups is 1. The minimum Gasteiger partial charge on any atom is -0.497 e. The van der Waals surface area contributed by atoms with Crippen LogP contribution in [0.2, 0.25) is 0 Å². The zero-order valence-corrected chi connectivity index (χ0v) is 9.11. The molecule has 0 atom stereocenters. The molecule has 3 nitrogen and oxygen atoms in total. The third-order valence-electron chi connectivity index (χ3n) is 2.08. The molecule has 0 aromatic heterocycles. The van der Waals surface area contributed by atoms with Crippen molar-refractivity contribution < 1.29 is 14.3 Å². The maximum absolute atomic E-state index is 11.0. The quantitative estimate of drug-likeness (QED) is 0.562. The molecule has 0 aliphatic rings. The van der Waals surface area contributed by atoms with E-state index in [1.165, 1.54) is 13.2 Å². The van der Waals surface area contributed by atoms with E-state index in [0.29, 0.717) is 0 Å². The average molecular weight is 206 g/mol. The second-order valence-electron chi connectivity index (χ2n) is 3.08. The summed E-state index contributed by atoms with van der Waals surface area (Å²) in [5.74, 6) is 0.452. The van der Waals surface area contributed by atoms with Gasteiger partial charge >= 0.3 is 5.97 Å². The Labute approximate surface area is 89.3 Å². The molecule has 0 unspecified atom stereocenters. The van der Waals surface area contributed by atoms with E-state index in [1.807, 2.05) is 31.2 Å². The fraction of sp³-hybridized carbons (Fsp3) is 0.250. The largest absolute Gasteiger partial charge is 0.497 e. The molecule has 0 saturated carbocycles. The highest BCUT2D eigenvalue weighted by Crippen LogP contribution is 2.17. The number of allylic oxidation sites excluding steroid dienone is 1. The van der Waals surface area contributed by atoms with Crippen molar-refractivity contribution in [2.45, 2.75) is 6.92 Å². The summed E-state index contributed by atoms with van der Waals surface area (Å²) in [5, 5.41) is 0. The molecule has 1 aromatic rings. The molecule has 1 rings (SSSR count). The van der Waals surface area contributed by atoms with E-state index >= 15 is 0 Å². The van der Waals surface area contributed by atoms with Crippen LogP contribution >= 0.6 is 0 Å². The lowest BCUT2D eigenvalue weighted by molar-refractivity contribution is -0.134. The van der Waals surface area contributed by atoms with Crippen LogP contribution in [0.25, 0.3) is 5.57 Å². The minimum absolute atomic E-state index is 0.344. The molecule has 0 aliphatic heterocycles. The highest BCUT2D eigenvalue weighted by atomic mass is 16.5. The lowest BCUT2D eigenvalue weighted by Crippen LogP contribution is -1.95. The van der Waals surface area contributed by atoms with Crippen LogP contribution in [0, 0.1) is 0 Å². The van der Waals surface area contributed by atoms with Crippen molar-refractivity contribution in [1.82, 2.24) is 0 Å². The first-order valence-corrected chi connectivity index (χ1v) is 4.58. The molecule has 80 valence electrons. The van der Waals surface area contributed by atoms with Gasteiger partial charge in [0.1, 0.15) is 5.75 Å². The normalized spacial score (nSPS) is 11.0. The topological polar surface area (TPSA) is 35.5 Å². The molecule has 1 aromatic carbocycles. The van der Waals surface area contributed by atoms with Crippen molar-refractivity contribution >= 4 is 11.5 Å². The van der Waals surface area contributed by atoms with Crippen molar-refractivity contribution in [3.63, 3.8) is 0 Å². The Hall–Kier alpha value is -1.77. The standard InChI is InChI=1S/C12H14O3/c1-9(8-12(13)15-3)10-4-6-11(14-2)7-5-10/h4-8H,1-3H3/b9-8-. The summed E-state index contributed by atoms with van der Waals surface area (Å²) in [7, 11) is 2.98. The van der Waals surface area contributed by atoms with Crippen molar-refractivity contribution in [1.29, 1.82) is 0 Å². The first-order chi connectivity index (χ1) is 7.17. The van der Waals surface area contributed by atoms with Gasteiger partial charge in [0, 0.05) is 6.08 Å². The van der Waals surface area contributed by atoms with Gasteiger partial charge in [0.2, 0.25) is 0 Å². The number of ether oxygens (including phenoxy) is 2. The third kappa shape index (κ3) is 3.13.